The Bertz CT molecular complexity index is 642. The number of hydrogen-bond donors (Lipinski definition) is 2. The predicted molar refractivity (Wildman–Crippen MR) is 99.6 cm³/mol. The molecule has 2 N–H and O–H groups in total. The van der Waals surface area contributed by atoms with Crippen molar-refractivity contribution in [2.24, 2.45) is 5.92 Å². The molecule has 134 valence electrons. The summed E-state index contributed by atoms with van der Waals surface area (Å²) in [6.07, 6.45) is 0.190. The summed E-state index contributed by atoms with van der Waals surface area (Å²) in [5.41, 5.74) is 2.32. The summed E-state index contributed by atoms with van der Waals surface area (Å²) in [6.45, 7) is 4.48. The summed E-state index contributed by atoms with van der Waals surface area (Å²) in [5, 5.41) is 19.8. The molecule has 3 unspecified atom stereocenters. The van der Waals surface area contributed by atoms with Crippen LogP contribution in [0.3, 0.4) is 0 Å². The predicted octanol–water partition coefficient (Wildman–Crippen LogP) is 2.80. The molecule has 1 heterocycles. The van der Waals surface area contributed by atoms with Gasteiger partial charge in [-0.2, -0.15) is 0 Å². The lowest BCUT2D eigenvalue weighted by Crippen LogP contribution is -2.35. The van der Waals surface area contributed by atoms with Gasteiger partial charge in [-0.05, 0) is 49.1 Å². The Hall–Kier alpha value is -1.88. The van der Waals surface area contributed by atoms with E-state index >= 15 is 0 Å². The molecule has 25 heavy (non-hydrogen) atoms. The SMILES string of the molecule is CC(O)C1CCN(CC(O)COc2ccc(-c3ccccc3)cc2)C1. The third-order valence-electron chi connectivity index (χ3n) is 4.86. The first kappa shape index (κ1) is 17.9. The topological polar surface area (TPSA) is 52.9 Å². The van der Waals surface area contributed by atoms with E-state index in [4.69, 9.17) is 4.74 Å². The molecular weight excluding hydrogens is 314 g/mol. The summed E-state index contributed by atoms with van der Waals surface area (Å²) in [6, 6.07) is 18.2. The normalized spacial score (nSPS) is 20.4. The molecule has 0 spiro atoms. The Balaban J connectivity index is 1.45. The zero-order valence-electron chi connectivity index (χ0n) is 14.7. The second kappa shape index (κ2) is 8.48. The monoisotopic (exact) mass is 341 g/mol. The van der Waals surface area contributed by atoms with E-state index in [1.165, 1.54) is 5.56 Å². The third-order valence-corrected chi connectivity index (χ3v) is 4.86. The molecule has 4 nitrogen and oxygen atoms in total. The maximum absolute atomic E-state index is 10.2. The van der Waals surface area contributed by atoms with Gasteiger partial charge in [0.2, 0.25) is 0 Å². The Morgan fingerprint density at radius 1 is 1.04 bits per heavy atom. The van der Waals surface area contributed by atoms with Crippen LogP contribution in [0.5, 0.6) is 5.75 Å². The zero-order valence-corrected chi connectivity index (χ0v) is 14.7. The first-order valence-electron chi connectivity index (χ1n) is 8.98. The van der Waals surface area contributed by atoms with E-state index in [9.17, 15) is 10.2 Å². The van der Waals surface area contributed by atoms with Crippen molar-refractivity contribution < 1.29 is 14.9 Å². The van der Waals surface area contributed by atoms with Crippen molar-refractivity contribution in [1.29, 1.82) is 0 Å². The minimum atomic E-state index is -0.526. The fourth-order valence-corrected chi connectivity index (χ4v) is 3.34. The standard InChI is InChI=1S/C21H27NO3/c1-16(23)19-11-12-22(13-19)14-20(24)15-25-21-9-7-18(8-10-21)17-5-3-2-4-6-17/h2-10,16,19-20,23-24H,11-15H2,1H3. The fraction of sp³-hybridized carbons (Fsp3) is 0.429. The highest BCUT2D eigenvalue weighted by atomic mass is 16.5. The average molecular weight is 341 g/mol. The summed E-state index contributed by atoms with van der Waals surface area (Å²) in [7, 11) is 0. The number of likely N-dealkylation sites (tertiary alicyclic amines) is 1. The van der Waals surface area contributed by atoms with Crippen LogP contribution in [0.15, 0.2) is 54.6 Å². The van der Waals surface area contributed by atoms with Crippen LogP contribution in [0.2, 0.25) is 0 Å². The van der Waals surface area contributed by atoms with Gasteiger partial charge in [-0.15, -0.1) is 0 Å². The highest BCUT2D eigenvalue weighted by Gasteiger charge is 2.27. The van der Waals surface area contributed by atoms with Gasteiger partial charge < -0.3 is 19.8 Å². The molecule has 0 radical (unpaired) electrons. The smallest absolute Gasteiger partial charge is 0.119 e. The van der Waals surface area contributed by atoms with Crippen LogP contribution >= 0.6 is 0 Å². The molecule has 1 saturated heterocycles. The number of aliphatic hydroxyl groups is 2. The molecule has 0 amide bonds. The molecule has 2 aromatic carbocycles. The van der Waals surface area contributed by atoms with Gasteiger partial charge in [0, 0.05) is 13.1 Å². The Kier molecular flexibility index (Phi) is 6.08. The van der Waals surface area contributed by atoms with E-state index in [1.54, 1.807) is 0 Å². The molecule has 4 heteroatoms. The van der Waals surface area contributed by atoms with Gasteiger partial charge in [0.1, 0.15) is 18.5 Å². The van der Waals surface area contributed by atoms with E-state index in [0.29, 0.717) is 12.5 Å². The largest absolute Gasteiger partial charge is 0.491 e. The molecule has 1 fully saturated rings. The first-order valence-corrected chi connectivity index (χ1v) is 8.98. The second-order valence-electron chi connectivity index (χ2n) is 6.90. The van der Waals surface area contributed by atoms with Crippen molar-refractivity contribution in [2.75, 3.05) is 26.2 Å². The van der Waals surface area contributed by atoms with Crippen molar-refractivity contribution in [2.45, 2.75) is 25.6 Å². The van der Waals surface area contributed by atoms with Crippen LogP contribution in [0.4, 0.5) is 0 Å². The van der Waals surface area contributed by atoms with E-state index in [1.807, 2.05) is 49.4 Å². The van der Waals surface area contributed by atoms with Gasteiger partial charge in [0.25, 0.3) is 0 Å². The van der Waals surface area contributed by atoms with E-state index < -0.39 is 6.10 Å². The van der Waals surface area contributed by atoms with Crippen molar-refractivity contribution in [3.05, 3.63) is 54.6 Å². The summed E-state index contributed by atoms with van der Waals surface area (Å²) >= 11 is 0. The number of hydrogen-bond acceptors (Lipinski definition) is 4. The van der Waals surface area contributed by atoms with Crippen LogP contribution in [0, 0.1) is 5.92 Å². The quantitative estimate of drug-likeness (QED) is 0.813. The lowest BCUT2D eigenvalue weighted by molar-refractivity contribution is 0.0696. The molecule has 0 saturated carbocycles. The third kappa shape index (κ3) is 5.05. The second-order valence-corrected chi connectivity index (χ2v) is 6.90. The van der Waals surface area contributed by atoms with Crippen LogP contribution in [0.1, 0.15) is 13.3 Å². The molecule has 3 atom stereocenters. The highest BCUT2D eigenvalue weighted by Crippen LogP contribution is 2.22. The zero-order chi connectivity index (χ0) is 17.6. The number of rotatable bonds is 7. The minimum absolute atomic E-state index is 0.276. The Morgan fingerprint density at radius 3 is 2.36 bits per heavy atom. The maximum Gasteiger partial charge on any atom is 0.119 e. The molecule has 1 aliphatic heterocycles. The van der Waals surface area contributed by atoms with Crippen molar-refractivity contribution in [3.8, 4) is 16.9 Å². The first-order chi connectivity index (χ1) is 12.1. The Labute approximate surface area is 149 Å². The molecule has 0 bridgehead atoms. The molecule has 2 aromatic rings. The summed E-state index contributed by atoms with van der Waals surface area (Å²) in [5.74, 6) is 1.08. The molecular formula is C21H27NO3. The van der Waals surface area contributed by atoms with E-state index in [2.05, 4.69) is 17.0 Å². The highest BCUT2D eigenvalue weighted by molar-refractivity contribution is 5.63. The average Bonchev–Trinajstić information content (AvgIpc) is 3.10. The van der Waals surface area contributed by atoms with Gasteiger partial charge in [0.15, 0.2) is 0 Å². The van der Waals surface area contributed by atoms with Crippen molar-refractivity contribution in [1.82, 2.24) is 4.90 Å². The fourth-order valence-electron chi connectivity index (χ4n) is 3.34. The number of β-amino-alcohol motifs (C(OH)–C–C–N with tert-alkyl or cyclic N) is 1. The van der Waals surface area contributed by atoms with Crippen molar-refractivity contribution >= 4 is 0 Å². The molecule has 0 aliphatic carbocycles. The number of nitrogens with zero attached hydrogens (tertiary/aromatic N) is 1. The summed E-state index contributed by atoms with van der Waals surface area (Å²) < 4.78 is 5.72. The van der Waals surface area contributed by atoms with Crippen LogP contribution in [-0.2, 0) is 0 Å². The number of ether oxygens (including phenoxy) is 1. The Morgan fingerprint density at radius 2 is 1.72 bits per heavy atom. The van der Waals surface area contributed by atoms with Gasteiger partial charge in [-0.25, -0.2) is 0 Å². The van der Waals surface area contributed by atoms with Gasteiger partial charge in [-0.3, -0.25) is 0 Å². The van der Waals surface area contributed by atoms with E-state index in [-0.39, 0.29) is 12.7 Å². The number of aliphatic hydroxyl groups excluding tert-OH is 2. The minimum Gasteiger partial charge on any atom is -0.491 e. The molecule has 1 aliphatic rings. The van der Waals surface area contributed by atoms with Gasteiger partial charge in [-0.1, -0.05) is 42.5 Å². The summed E-state index contributed by atoms with van der Waals surface area (Å²) in [4.78, 5) is 2.20. The lowest BCUT2D eigenvalue weighted by atomic mass is 10.0. The van der Waals surface area contributed by atoms with Crippen LogP contribution in [0.25, 0.3) is 11.1 Å². The molecule has 0 aromatic heterocycles. The molecule has 3 rings (SSSR count). The van der Waals surface area contributed by atoms with Crippen molar-refractivity contribution in [3.63, 3.8) is 0 Å². The maximum atomic E-state index is 10.2. The van der Waals surface area contributed by atoms with Crippen LogP contribution in [-0.4, -0.2) is 53.6 Å². The van der Waals surface area contributed by atoms with Gasteiger partial charge >= 0.3 is 0 Å². The van der Waals surface area contributed by atoms with E-state index in [0.717, 1.165) is 30.8 Å². The van der Waals surface area contributed by atoms with Gasteiger partial charge in [0.05, 0.1) is 6.10 Å². The van der Waals surface area contributed by atoms with Crippen LogP contribution < -0.4 is 4.74 Å². The number of benzene rings is 2. The lowest BCUT2D eigenvalue weighted by Gasteiger charge is -2.21.